The molecule has 1 aromatic rings. The zero-order valence-electron chi connectivity index (χ0n) is 16.1. The number of fused-ring (bicyclic) bond motifs is 1. The molecule has 1 amide bonds. The van der Waals surface area contributed by atoms with Crippen LogP contribution in [0, 0.1) is 5.92 Å². The molecule has 1 aliphatic carbocycles. The Morgan fingerprint density at radius 3 is 2.71 bits per heavy atom. The number of benzene rings is 1. The summed E-state index contributed by atoms with van der Waals surface area (Å²) in [5, 5.41) is 11.0. The van der Waals surface area contributed by atoms with Crippen molar-refractivity contribution in [2.45, 2.75) is 51.0 Å². The summed E-state index contributed by atoms with van der Waals surface area (Å²) in [6, 6.07) is 3.73. The summed E-state index contributed by atoms with van der Waals surface area (Å²) in [6.45, 7) is 3.01. The largest absolute Gasteiger partial charge is 0.485 e. The normalized spacial score (nSPS) is 27.5. The quantitative estimate of drug-likeness (QED) is 0.828. The van der Waals surface area contributed by atoms with Gasteiger partial charge in [0, 0.05) is 25.2 Å². The molecule has 154 valence electrons. The van der Waals surface area contributed by atoms with Gasteiger partial charge >= 0.3 is 6.61 Å². The van der Waals surface area contributed by atoms with Crippen LogP contribution in [0.25, 0.3) is 0 Å². The lowest BCUT2D eigenvalue weighted by Crippen LogP contribution is -2.59. The fourth-order valence-corrected chi connectivity index (χ4v) is 4.11. The summed E-state index contributed by atoms with van der Waals surface area (Å²) in [4.78, 5) is 16.7. The SMILES string of the molecule is CC1(C)Oc2ccc(OC(F)F)cc2[C@@H](N2CCN(CC3CC3)CC2=O)[C@@H]1O. The Kier molecular flexibility index (Phi) is 4.95. The topological polar surface area (TPSA) is 62.2 Å². The van der Waals surface area contributed by atoms with Gasteiger partial charge < -0.3 is 19.5 Å². The minimum atomic E-state index is -2.95. The molecule has 3 aliphatic rings. The second-order valence-electron chi connectivity index (χ2n) is 8.44. The van der Waals surface area contributed by atoms with E-state index in [1.54, 1.807) is 24.8 Å². The average Bonchev–Trinajstić information content (AvgIpc) is 3.41. The van der Waals surface area contributed by atoms with Crippen molar-refractivity contribution in [2.24, 2.45) is 5.92 Å². The number of aliphatic hydroxyl groups excluding tert-OH is 1. The van der Waals surface area contributed by atoms with Crippen LogP contribution in [-0.4, -0.2) is 65.3 Å². The number of amides is 1. The van der Waals surface area contributed by atoms with Crippen molar-refractivity contribution >= 4 is 5.91 Å². The number of halogens is 2. The highest BCUT2D eigenvalue weighted by atomic mass is 19.3. The maximum Gasteiger partial charge on any atom is 0.387 e. The molecule has 0 aromatic heterocycles. The molecular formula is C20H26F2N2O4. The number of hydrogen-bond acceptors (Lipinski definition) is 5. The Morgan fingerprint density at radius 2 is 2.07 bits per heavy atom. The van der Waals surface area contributed by atoms with Gasteiger partial charge in [-0.1, -0.05) is 0 Å². The highest BCUT2D eigenvalue weighted by Gasteiger charge is 2.47. The summed E-state index contributed by atoms with van der Waals surface area (Å²) < 4.78 is 35.7. The monoisotopic (exact) mass is 396 g/mol. The number of hydrogen-bond donors (Lipinski definition) is 1. The van der Waals surface area contributed by atoms with E-state index in [4.69, 9.17) is 4.74 Å². The molecule has 6 nitrogen and oxygen atoms in total. The van der Waals surface area contributed by atoms with Gasteiger partial charge in [0.1, 0.15) is 23.2 Å². The molecule has 1 aromatic carbocycles. The van der Waals surface area contributed by atoms with Gasteiger partial charge in [0.25, 0.3) is 0 Å². The van der Waals surface area contributed by atoms with E-state index >= 15 is 0 Å². The fraction of sp³-hybridized carbons (Fsp3) is 0.650. The highest BCUT2D eigenvalue weighted by molar-refractivity contribution is 5.80. The van der Waals surface area contributed by atoms with Crippen LogP contribution in [0.4, 0.5) is 8.78 Å². The number of piperazine rings is 1. The number of alkyl halides is 2. The van der Waals surface area contributed by atoms with Crippen molar-refractivity contribution in [2.75, 3.05) is 26.2 Å². The van der Waals surface area contributed by atoms with Crippen molar-refractivity contribution in [1.82, 2.24) is 9.80 Å². The molecule has 1 saturated heterocycles. The van der Waals surface area contributed by atoms with E-state index in [1.807, 2.05) is 0 Å². The van der Waals surface area contributed by atoms with Gasteiger partial charge in [0.05, 0.1) is 12.6 Å². The number of carbonyl (C=O) groups is 1. The van der Waals surface area contributed by atoms with Crippen molar-refractivity contribution in [3.63, 3.8) is 0 Å². The zero-order valence-corrected chi connectivity index (χ0v) is 16.1. The van der Waals surface area contributed by atoms with E-state index in [0.29, 0.717) is 30.3 Å². The van der Waals surface area contributed by atoms with Crippen molar-refractivity contribution in [1.29, 1.82) is 0 Å². The average molecular weight is 396 g/mol. The van der Waals surface area contributed by atoms with Crippen LogP contribution in [-0.2, 0) is 4.79 Å². The number of aliphatic hydroxyl groups is 1. The third-order valence-corrected chi connectivity index (χ3v) is 5.79. The second kappa shape index (κ2) is 7.15. The van der Waals surface area contributed by atoms with Crippen molar-refractivity contribution in [3.05, 3.63) is 23.8 Å². The Hall–Kier alpha value is -1.93. The number of rotatable bonds is 5. The Morgan fingerprint density at radius 1 is 1.32 bits per heavy atom. The Bertz CT molecular complexity index is 754. The number of nitrogens with zero attached hydrogens (tertiary/aromatic N) is 2. The maximum atomic E-state index is 12.9. The molecule has 0 unspecified atom stereocenters. The molecule has 2 fully saturated rings. The molecule has 2 atom stereocenters. The lowest BCUT2D eigenvalue weighted by atomic mass is 9.85. The standard InChI is InChI=1S/C20H26F2N2O4/c1-20(2)18(26)17(14-9-13(27-19(21)22)5-6-15(14)28-20)24-8-7-23(11-16(24)25)10-12-3-4-12/h5-6,9,12,17-19,26H,3-4,7-8,10-11H2,1-2H3/t17-,18+/m1/s1. The molecule has 0 radical (unpaired) electrons. The predicted molar refractivity (Wildman–Crippen MR) is 97.4 cm³/mol. The molecule has 0 spiro atoms. The Balaban J connectivity index is 1.62. The van der Waals surface area contributed by atoms with Crippen molar-refractivity contribution in [3.8, 4) is 11.5 Å². The van der Waals surface area contributed by atoms with Gasteiger partial charge in [-0.2, -0.15) is 8.78 Å². The van der Waals surface area contributed by atoms with Gasteiger partial charge in [-0.15, -0.1) is 0 Å². The molecule has 0 bridgehead atoms. The van der Waals surface area contributed by atoms with Gasteiger partial charge in [0.15, 0.2) is 0 Å². The number of carbonyl (C=O) groups excluding carboxylic acids is 1. The van der Waals surface area contributed by atoms with Crippen LogP contribution in [0.15, 0.2) is 18.2 Å². The van der Waals surface area contributed by atoms with E-state index in [1.165, 1.54) is 25.0 Å². The maximum absolute atomic E-state index is 12.9. The zero-order chi connectivity index (χ0) is 20.1. The van der Waals surface area contributed by atoms with E-state index in [9.17, 15) is 18.7 Å². The molecule has 1 saturated carbocycles. The van der Waals surface area contributed by atoms with E-state index in [0.717, 1.165) is 13.1 Å². The smallest absolute Gasteiger partial charge is 0.387 e. The first-order valence-corrected chi connectivity index (χ1v) is 9.72. The van der Waals surface area contributed by atoms with Crippen molar-refractivity contribution < 1.29 is 28.2 Å². The van der Waals surface area contributed by atoms with E-state index in [2.05, 4.69) is 9.64 Å². The second-order valence-corrected chi connectivity index (χ2v) is 8.44. The van der Waals surface area contributed by atoms with E-state index in [-0.39, 0.29) is 11.7 Å². The van der Waals surface area contributed by atoms with Gasteiger partial charge in [-0.05, 0) is 50.8 Å². The molecule has 8 heteroatoms. The highest BCUT2D eigenvalue weighted by Crippen LogP contribution is 2.45. The predicted octanol–water partition coefficient (Wildman–Crippen LogP) is 2.42. The third-order valence-electron chi connectivity index (χ3n) is 5.79. The minimum absolute atomic E-state index is 0.0194. The van der Waals surface area contributed by atoms with Crippen LogP contribution in [0.2, 0.25) is 0 Å². The lowest BCUT2D eigenvalue weighted by molar-refractivity contribution is -0.150. The molecular weight excluding hydrogens is 370 g/mol. The molecule has 2 aliphatic heterocycles. The van der Waals surface area contributed by atoms with Crippen LogP contribution >= 0.6 is 0 Å². The summed E-state index contributed by atoms with van der Waals surface area (Å²) in [5.41, 5.74) is -0.428. The van der Waals surface area contributed by atoms with Crippen LogP contribution in [0.1, 0.15) is 38.3 Å². The fourth-order valence-electron chi connectivity index (χ4n) is 4.11. The minimum Gasteiger partial charge on any atom is -0.485 e. The molecule has 2 heterocycles. The van der Waals surface area contributed by atoms with Gasteiger partial charge in [0.2, 0.25) is 5.91 Å². The summed E-state index contributed by atoms with van der Waals surface area (Å²) >= 11 is 0. The first kappa shape index (κ1) is 19.4. The van der Waals surface area contributed by atoms with Gasteiger partial charge in [-0.3, -0.25) is 9.69 Å². The molecule has 28 heavy (non-hydrogen) atoms. The number of ether oxygens (including phenoxy) is 2. The Labute approximate surface area is 163 Å². The van der Waals surface area contributed by atoms with Crippen LogP contribution in [0.5, 0.6) is 11.5 Å². The van der Waals surface area contributed by atoms with E-state index < -0.39 is 24.4 Å². The lowest BCUT2D eigenvalue weighted by Gasteiger charge is -2.48. The summed E-state index contributed by atoms with van der Waals surface area (Å²) in [6.07, 6.45) is 1.45. The van der Waals surface area contributed by atoms with Gasteiger partial charge in [-0.25, -0.2) is 0 Å². The van der Waals surface area contributed by atoms with Crippen LogP contribution in [0.3, 0.4) is 0 Å². The first-order valence-electron chi connectivity index (χ1n) is 9.72. The van der Waals surface area contributed by atoms with Crippen LogP contribution < -0.4 is 9.47 Å². The summed E-state index contributed by atoms with van der Waals surface area (Å²) in [5.74, 6) is 1.07. The first-order chi connectivity index (χ1) is 13.2. The summed E-state index contributed by atoms with van der Waals surface area (Å²) in [7, 11) is 0. The molecule has 4 rings (SSSR count). The third kappa shape index (κ3) is 3.80. The molecule has 1 N–H and O–H groups in total.